The summed E-state index contributed by atoms with van der Waals surface area (Å²) in [5.41, 5.74) is 1.28. The third-order valence-corrected chi connectivity index (χ3v) is 4.03. The van der Waals surface area contributed by atoms with Gasteiger partial charge in [0.05, 0.1) is 7.11 Å². The quantitative estimate of drug-likeness (QED) is 0.841. The van der Waals surface area contributed by atoms with Crippen LogP contribution in [-0.4, -0.2) is 24.9 Å². The lowest BCUT2D eigenvalue weighted by atomic mass is 9.85. The molecule has 0 heterocycles. The van der Waals surface area contributed by atoms with Gasteiger partial charge >= 0.3 is 0 Å². The largest absolute Gasteiger partial charge is 0.497 e. The Morgan fingerprint density at radius 2 is 2.05 bits per heavy atom. The lowest BCUT2D eigenvalue weighted by Crippen LogP contribution is -2.40. The summed E-state index contributed by atoms with van der Waals surface area (Å²) in [6, 6.07) is 6.22. The van der Waals surface area contributed by atoms with Crippen LogP contribution in [0.4, 0.5) is 0 Å². The van der Waals surface area contributed by atoms with Gasteiger partial charge in [-0.15, -0.1) is 0 Å². The van der Waals surface area contributed by atoms with Crippen LogP contribution in [0, 0.1) is 5.41 Å². The molecular weight excluding hydrogens is 306 g/mol. The Bertz CT molecular complexity index is 402. The maximum absolute atomic E-state index is 9.16. The summed E-state index contributed by atoms with van der Waals surface area (Å²) in [6.45, 7) is 7.50. The molecule has 1 aromatic carbocycles. The van der Waals surface area contributed by atoms with Crippen molar-refractivity contribution < 1.29 is 9.84 Å². The van der Waals surface area contributed by atoms with E-state index in [0.29, 0.717) is 0 Å². The minimum atomic E-state index is 0.119. The van der Waals surface area contributed by atoms with E-state index in [1.807, 2.05) is 18.2 Å². The fourth-order valence-electron chi connectivity index (χ4n) is 2.02. The van der Waals surface area contributed by atoms with E-state index in [1.165, 1.54) is 0 Å². The third kappa shape index (κ3) is 5.13. The van der Waals surface area contributed by atoms with Gasteiger partial charge in [0.2, 0.25) is 0 Å². The Labute approximate surface area is 124 Å². The molecule has 0 aromatic heterocycles. The predicted octanol–water partition coefficient (Wildman–Crippen LogP) is 3.34. The fourth-order valence-corrected chi connectivity index (χ4v) is 2.40. The summed E-state index contributed by atoms with van der Waals surface area (Å²) >= 11 is 3.55. The molecule has 19 heavy (non-hydrogen) atoms. The van der Waals surface area contributed by atoms with Crippen molar-refractivity contribution in [3.05, 3.63) is 28.2 Å². The number of methoxy groups -OCH3 is 1. The van der Waals surface area contributed by atoms with Gasteiger partial charge in [0.15, 0.2) is 0 Å². The highest BCUT2D eigenvalue weighted by Gasteiger charge is 2.23. The second kappa shape index (κ2) is 7.27. The molecule has 1 unspecified atom stereocenters. The summed E-state index contributed by atoms with van der Waals surface area (Å²) < 4.78 is 6.31. The first-order valence-electron chi connectivity index (χ1n) is 6.55. The molecule has 0 aliphatic carbocycles. The number of nitrogens with one attached hydrogen (secondary N) is 1. The fraction of sp³-hybridized carbons (Fsp3) is 0.600. The highest BCUT2D eigenvalue weighted by molar-refractivity contribution is 9.10. The van der Waals surface area contributed by atoms with E-state index in [1.54, 1.807) is 7.11 Å². The number of rotatable bonds is 6. The van der Waals surface area contributed by atoms with E-state index < -0.39 is 0 Å². The Kier molecular flexibility index (Phi) is 6.30. The highest BCUT2D eigenvalue weighted by Crippen LogP contribution is 2.25. The second-order valence-corrected chi connectivity index (χ2v) is 6.62. The van der Waals surface area contributed by atoms with Crippen LogP contribution in [0.3, 0.4) is 0 Å². The molecule has 1 atom stereocenters. The number of hydrogen-bond acceptors (Lipinski definition) is 3. The summed E-state index contributed by atoms with van der Waals surface area (Å²) in [6.07, 6.45) is 0.755. The van der Waals surface area contributed by atoms with Crippen molar-refractivity contribution in [3.63, 3.8) is 0 Å². The number of halogens is 1. The molecule has 1 aromatic rings. The zero-order valence-corrected chi connectivity index (χ0v) is 13.8. The molecule has 108 valence electrons. The Morgan fingerprint density at radius 3 is 2.58 bits per heavy atom. The molecule has 0 saturated heterocycles. The van der Waals surface area contributed by atoms with E-state index >= 15 is 0 Å². The number of ether oxygens (including phenoxy) is 1. The van der Waals surface area contributed by atoms with Crippen molar-refractivity contribution in [1.82, 2.24) is 5.32 Å². The van der Waals surface area contributed by atoms with Crippen molar-refractivity contribution in [3.8, 4) is 5.75 Å². The molecule has 4 heteroatoms. The Balaban J connectivity index is 2.73. The number of aliphatic hydroxyl groups excluding tert-OH is 1. The lowest BCUT2D eigenvalue weighted by molar-refractivity contribution is 0.196. The highest BCUT2D eigenvalue weighted by atomic mass is 79.9. The monoisotopic (exact) mass is 329 g/mol. The molecular formula is C15H24BrNO2. The Hall–Kier alpha value is -0.580. The van der Waals surface area contributed by atoms with Crippen molar-refractivity contribution in [2.45, 2.75) is 39.8 Å². The third-order valence-electron chi connectivity index (χ3n) is 3.25. The van der Waals surface area contributed by atoms with Crippen LogP contribution in [-0.2, 0) is 6.54 Å². The number of aliphatic hydroxyl groups is 1. The van der Waals surface area contributed by atoms with Crippen LogP contribution in [0.15, 0.2) is 22.7 Å². The first-order chi connectivity index (χ1) is 8.88. The predicted molar refractivity (Wildman–Crippen MR) is 82.5 cm³/mol. The SMILES string of the molecule is COc1ccc(Br)c(CNC(CCO)C(C)(C)C)c1. The molecule has 0 saturated carbocycles. The van der Waals surface area contributed by atoms with Crippen LogP contribution >= 0.6 is 15.9 Å². The number of benzene rings is 1. The maximum Gasteiger partial charge on any atom is 0.119 e. The van der Waals surface area contributed by atoms with Gasteiger partial charge in [0.25, 0.3) is 0 Å². The van der Waals surface area contributed by atoms with E-state index in [9.17, 15) is 0 Å². The van der Waals surface area contributed by atoms with Gasteiger partial charge in [-0.1, -0.05) is 36.7 Å². The minimum Gasteiger partial charge on any atom is -0.497 e. The molecule has 2 N–H and O–H groups in total. The summed E-state index contributed by atoms with van der Waals surface area (Å²) in [5.74, 6) is 0.856. The van der Waals surface area contributed by atoms with E-state index in [2.05, 4.69) is 42.0 Å². The first kappa shape index (κ1) is 16.5. The van der Waals surface area contributed by atoms with Crippen LogP contribution in [0.25, 0.3) is 0 Å². The van der Waals surface area contributed by atoms with Gasteiger partial charge in [0, 0.05) is 23.7 Å². The van der Waals surface area contributed by atoms with Crippen molar-refractivity contribution in [2.75, 3.05) is 13.7 Å². The van der Waals surface area contributed by atoms with Gasteiger partial charge in [-0.2, -0.15) is 0 Å². The van der Waals surface area contributed by atoms with E-state index in [4.69, 9.17) is 9.84 Å². The average molecular weight is 330 g/mol. The van der Waals surface area contributed by atoms with Crippen LogP contribution < -0.4 is 10.1 Å². The minimum absolute atomic E-state index is 0.119. The average Bonchev–Trinajstić information content (AvgIpc) is 2.34. The van der Waals surface area contributed by atoms with Crippen LogP contribution in [0.2, 0.25) is 0 Å². The molecule has 1 rings (SSSR count). The topological polar surface area (TPSA) is 41.5 Å². The van der Waals surface area contributed by atoms with Crippen molar-refractivity contribution in [2.24, 2.45) is 5.41 Å². The van der Waals surface area contributed by atoms with Crippen molar-refractivity contribution in [1.29, 1.82) is 0 Å². The van der Waals surface area contributed by atoms with Crippen LogP contribution in [0.5, 0.6) is 5.75 Å². The maximum atomic E-state index is 9.16. The molecule has 0 bridgehead atoms. The molecule has 0 amide bonds. The van der Waals surface area contributed by atoms with Gasteiger partial charge in [-0.3, -0.25) is 0 Å². The smallest absolute Gasteiger partial charge is 0.119 e. The zero-order valence-electron chi connectivity index (χ0n) is 12.2. The summed E-state index contributed by atoms with van der Waals surface area (Å²) in [5, 5.41) is 12.7. The van der Waals surface area contributed by atoms with E-state index in [0.717, 1.165) is 28.8 Å². The van der Waals surface area contributed by atoms with Gasteiger partial charge in [-0.25, -0.2) is 0 Å². The molecule has 0 aliphatic heterocycles. The zero-order chi connectivity index (χ0) is 14.5. The van der Waals surface area contributed by atoms with Gasteiger partial charge < -0.3 is 15.2 Å². The van der Waals surface area contributed by atoms with Crippen molar-refractivity contribution >= 4 is 15.9 Å². The molecule has 0 fully saturated rings. The van der Waals surface area contributed by atoms with Crippen LogP contribution in [0.1, 0.15) is 32.8 Å². The lowest BCUT2D eigenvalue weighted by Gasteiger charge is -2.31. The Morgan fingerprint density at radius 1 is 1.37 bits per heavy atom. The summed E-state index contributed by atoms with van der Waals surface area (Å²) in [7, 11) is 1.67. The number of hydrogen-bond donors (Lipinski definition) is 2. The standard InChI is InChI=1S/C15H24BrNO2/c1-15(2,3)14(7-8-18)17-10-11-9-12(19-4)5-6-13(11)16/h5-6,9,14,17-18H,7-8,10H2,1-4H3. The second-order valence-electron chi connectivity index (χ2n) is 5.77. The normalized spacial score (nSPS) is 13.4. The van der Waals surface area contributed by atoms with Gasteiger partial charge in [0.1, 0.15) is 5.75 Å². The molecule has 0 spiro atoms. The molecule has 0 aliphatic rings. The molecule has 3 nitrogen and oxygen atoms in total. The summed E-state index contributed by atoms with van der Waals surface area (Å²) in [4.78, 5) is 0. The first-order valence-corrected chi connectivity index (χ1v) is 7.34. The molecule has 0 radical (unpaired) electrons. The van der Waals surface area contributed by atoms with Gasteiger partial charge in [-0.05, 0) is 35.6 Å². The van der Waals surface area contributed by atoms with E-state index in [-0.39, 0.29) is 18.1 Å².